The van der Waals surface area contributed by atoms with E-state index in [0.717, 1.165) is 23.3 Å². The highest BCUT2D eigenvalue weighted by Crippen LogP contribution is 2.19. The maximum absolute atomic E-state index is 12.0. The quantitative estimate of drug-likeness (QED) is 0.874. The monoisotopic (exact) mass is 274 g/mol. The van der Waals surface area contributed by atoms with E-state index in [2.05, 4.69) is 10.3 Å². The van der Waals surface area contributed by atoms with Crippen LogP contribution >= 0.6 is 0 Å². The minimum atomic E-state index is -0.447. The number of nitrogens with two attached hydrogens (primary N) is 1. The number of amides is 1. The summed E-state index contributed by atoms with van der Waals surface area (Å²) >= 11 is 0. The van der Waals surface area contributed by atoms with Crippen LogP contribution in [0, 0.1) is 0 Å². The van der Waals surface area contributed by atoms with E-state index in [4.69, 9.17) is 5.73 Å². The number of hydrogen-bond acceptors (Lipinski definition) is 3. The summed E-state index contributed by atoms with van der Waals surface area (Å²) in [5.74, 6) is 0.717. The highest BCUT2D eigenvalue weighted by Gasteiger charge is 2.19. The summed E-state index contributed by atoms with van der Waals surface area (Å²) in [4.78, 5) is 16.5. The Labute approximate surface area is 119 Å². The summed E-state index contributed by atoms with van der Waals surface area (Å²) in [6.07, 6.45) is 1.59. The van der Waals surface area contributed by atoms with E-state index in [1.165, 1.54) is 0 Å². The molecule has 5 nitrogen and oxygen atoms in total. The van der Waals surface area contributed by atoms with E-state index >= 15 is 0 Å². The molecule has 1 aromatic carbocycles. The third-order valence-corrected chi connectivity index (χ3v) is 3.50. The topological polar surface area (TPSA) is 72.9 Å². The molecule has 3 N–H and O–H groups in total. The van der Waals surface area contributed by atoms with E-state index in [0.29, 0.717) is 6.42 Å². The Balaban J connectivity index is 2.17. The number of carbonyl (C=O) groups is 1. The molecule has 1 aromatic heterocycles. The molecular formula is C15H22N4O. The number of carbonyl (C=O) groups excluding carboxylic acids is 1. The molecular weight excluding hydrogens is 252 g/mol. The molecule has 2 atom stereocenters. The zero-order chi connectivity index (χ0) is 14.7. The molecule has 0 bridgehead atoms. The van der Waals surface area contributed by atoms with Gasteiger partial charge in [0.2, 0.25) is 5.91 Å². The Hall–Kier alpha value is -1.88. The highest BCUT2D eigenvalue weighted by molar-refractivity contribution is 5.82. The van der Waals surface area contributed by atoms with Crippen LogP contribution in [-0.2, 0) is 11.8 Å². The Morgan fingerprint density at radius 2 is 2.15 bits per heavy atom. The number of benzene rings is 1. The zero-order valence-electron chi connectivity index (χ0n) is 12.3. The lowest BCUT2D eigenvalue weighted by molar-refractivity contribution is -0.123. The van der Waals surface area contributed by atoms with Crippen LogP contribution < -0.4 is 11.1 Å². The van der Waals surface area contributed by atoms with E-state index in [1.807, 2.05) is 49.7 Å². The smallest absolute Gasteiger partial charge is 0.237 e. The lowest BCUT2D eigenvalue weighted by Crippen LogP contribution is -2.41. The minimum Gasteiger partial charge on any atom is -0.345 e. The molecule has 1 amide bonds. The maximum Gasteiger partial charge on any atom is 0.237 e. The molecule has 20 heavy (non-hydrogen) atoms. The molecule has 0 spiro atoms. The Morgan fingerprint density at radius 1 is 1.45 bits per heavy atom. The molecule has 0 radical (unpaired) electrons. The van der Waals surface area contributed by atoms with Crippen molar-refractivity contribution in [2.45, 2.75) is 38.8 Å². The molecule has 2 aromatic rings. The number of nitrogens with one attached hydrogen (secondary N) is 1. The first-order valence-electron chi connectivity index (χ1n) is 7.02. The van der Waals surface area contributed by atoms with Crippen molar-refractivity contribution in [1.29, 1.82) is 0 Å². The predicted molar refractivity (Wildman–Crippen MR) is 80.2 cm³/mol. The standard InChI is InChI=1S/C15H22N4O/c1-4-7-11(16)15(20)17-10(2)14-18-12-8-5-6-9-13(12)19(14)3/h5-6,8-11H,4,7,16H2,1-3H3,(H,17,20). The predicted octanol–water partition coefficient (Wildman–Crippen LogP) is 1.88. The number of hydrogen-bond donors (Lipinski definition) is 2. The number of aromatic nitrogens is 2. The lowest BCUT2D eigenvalue weighted by Gasteiger charge is -2.17. The van der Waals surface area contributed by atoms with Gasteiger partial charge in [-0.25, -0.2) is 4.98 Å². The normalized spacial score (nSPS) is 14.2. The number of nitrogens with zero attached hydrogens (tertiary/aromatic N) is 2. The number of rotatable bonds is 5. The second-order valence-electron chi connectivity index (χ2n) is 5.14. The minimum absolute atomic E-state index is 0.119. The van der Waals surface area contributed by atoms with Gasteiger partial charge in [-0.15, -0.1) is 0 Å². The first kappa shape index (κ1) is 14.5. The van der Waals surface area contributed by atoms with Gasteiger partial charge in [0.15, 0.2) is 0 Å². The third kappa shape index (κ3) is 2.82. The maximum atomic E-state index is 12.0. The summed E-state index contributed by atoms with van der Waals surface area (Å²) in [6.45, 7) is 3.94. The fourth-order valence-electron chi connectivity index (χ4n) is 2.38. The van der Waals surface area contributed by atoms with Gasteiger partial charge in [-0.1, -0.05) is 25.5 Å². The molecule has 0 aliphatic heterocycles. The van der Waals surface area contributed by atoms with Gasteiger partial charge in [-0.05, 0) is 25.5 Å². The molecule has 0 saturated carbocycles. The van der Waals surface area contributed by atoms with Gasteiger partial charge in [0.1, 0.15) is 5.82 Å². The van der Waals surface area contributed by atoms with Crippen molar-refractivity contribution >= 4 is 16.9 Å². The Bertz CT molecular complexity index is 605. The summed E-state index contributed by atoms with van der Waals surface area (Å²) in [5, 5.41) is 2.94. The molecule has 0 aliphatic carbocycles. The average Bonchev–Trinajstić information content (AvgIpc) is 2.77. The van der Waals surface area contributed by atoms with Gasteiger partial charge < -0.3 is 15.6 Å². The molecule has 5 heteroatoms. The van der Waals surface area contributed by atoms with Crippen LogP contribution in [0.3, 0.4) is 0 Å². The van der Waals surface area contributed by atoms with Crippen LogP contribution in [0.15, 0.2) is 24.3 Å². The van der Waals surface area contributed by atoms with Crippen LogP contribution in [0.25, 0.3) is 11.0 Å². The zero-order valence-corrected chi connectivity index (χ0v) is 12.3. The molecule has 0 saturated heterocycles. The van der Waals surface area contributed by atoms with Crippen molar-refractivity contribution in [3.8, 4) is 0 Å². The Kier molecular flexibility index (Phi) is 4.39. The van der Waals surface area contributed by atoms with E-state index < -0.39 is 6.04 Å². The van der Waals surface area contributed by atoms with Gasteiger partial charge in [0.05, 0.1) is 23.1 Å². The second kappa shape index (κ2) is 6.05. The SMILES string of the molecule is CCCC(N)C(=O)NC(C)c1nc2ccccc2n1C. The van der Waals surface area contributed by atoms with Crippen molar-refractivity contribution in [2.24, 2.45) is 12.8 Å². The van der Waals surface area contributed by atoms with Gasteiger partial charge >= 0.3 is 0 Å². The van der Waals surface area contributed by atoms with Crippen LogP contribution in [-0.4, -0.2) is 21.5 Å². The highest BCUT2D eigenvalue weighted by atomic mass is 16.2. The van der Waals surface area contributed by atoms with Gasteiger partial charge in [0, 0.05) is 7.05 Å². The third-order valence-electron chi connectivity index (χ3n) is 3.50. The van der Waals surface area contributed by atoms with E-state index in [9.17, 15) is 4.79 Å². The molecule has 1 heterocycles. The summed E-state index contributed by atoms with van der Waals surface area (Å²) in [7, 11) is 1.96. The number of imidazole rings is 1. The Morgan fingerprint density at radius 3 is 2.80 bits per heavy atom. The van der Waals surface area contributed by atoms with Gasteiger partial charge in [0.25, 0.3) is 0 Å². The average molecular weight is 274 g/mol. The summed E-state index contributed by atoms with van der Waals surface area (Å²) in [5.41, 5.74) is 7.82. The second-order valence-corrected chi connectivity index (χ2v) is 5.14. The molecule has 2 unspecified atom stereocenters. The number of aryl methyl sites for hydroxylation is 1. The van der Waals surface area contributed by atoms with Crippen molar-refractivity contribution < 1.29 is 4.79 Å². The lowest BCUT2D eigenvalue weighted by atomic mass is 10.1. The van der Waals surface area contributed by atoms with Gasteiger partial charge in [-0.3, -0.25) is 4.79 Å². The summed E-state index contributed by atoms with van der Waals surface area (Å²) < 4.78 is 2.01. The van der Waals surface area contributed by atoms with Crippen LogP contribution in [0.2, 0.25) is 0 Å². The van der Waals surface area contributed by atoms with E-state index in [1.54, 1.807) is 0 Å². The van der Waals surface area contributed by atoms with E-state index in [-0.39, 0.29) is 11.9 Å². The van der Waals surface area contributed by atoms with Crippen LogP contribution in [0.1, 0.15) is 38.6 Å². The fourth-order valence-corrected chi connectivity index (χ4v) is 2.38. The van der Waals surface area contributed by atoms with Crippen LogP contribution in [0.5, 0.6) is 0 Å². The van der Waals surface area contributed by atoms with Crippen molar-refractivity contribution in [1.82, 2.24) is 14.9 Å². The van der Waals surface area contributed by atoms with Crippen molar-refractivity contribution in [2.75, 3.05) is 0 Å². The molecule has 0 fully saturated rings. The first-order valence-corrected chi connectivity index (χ1v) is 7.02. The number of para-hydroxylation sites is 2. The largest absolute Gasteiger partial charge is 0.345 e. The van der Waals surface area contributed by atoms with Crippen LogP contribution in [0.4, 0.5) is 0 Å². The summed E-state index contributed by atoms with van der Waals surface area (Å²) in [6, 6.07) is 7.31. The fraction of sp³-hybridized carbons (Fsp3) is 0.467. The van der Waals surface area contributed by atoms with Crippen molar-refractivity contribution in [3.05, 3.63) is 30.1 Å². The van der Waals surface area contributed by atoms with Crippen molar-refractivity contribution in [3.63, 3.8) is 0 Å². The molecule has 0 aliphatic rings. The molecule has 2 rings (SSSR count). The first-order chi connectivity index (χ1) is 9.54. The number of fused-ring (bicyclic) bond motifs is 1. The molecule has 108 valence electrons. The van der Waals surface area contributed by atoms with Gasteiger partial charge in [-0.2, -0.15) is 0 Å².